The van der Waals surface area contributed by atoms with E-state index in [1.807, 2.05) is 30.3 Å². The number of carbonyl (C=O) groups is 2. The molecule has 3 rings (SSSR count). The first-order chi connectivity index (χ1) is 11.0. The van der Waals surface area contributed by atoms with Crippen LogP contribution < -0.4 is 0 Å². The van der Waals surface area contributed by atoms with Gasteiger partial charge in [0.25, 0.3) is 11.8 Å². The quantitative estimate of drug-likeness (QED) is 0.749. The summed E-state index contributed by atoms with van der Waals surface area (Å²) in [5, 5.41) is 0.580. The summed E-state index contributed by atoms with van der Waals surface area (Å²) in [5.41, 5.74) is 1.34. The van der Waals surface area contributed by atoms with Crippen LogP contribution in [0.25, 0.3) is 5.57 Å². The van der Waals surface area contributed by atoms with Crippen molar-refractivity contribution in [1.29, 1.82) is 0 Å². The largest absolute Gasteiger partial charge is 0.273 e. The highest BCUT2D eigenvalue weighted by molar-refractivity contribution is 6.55. The highest BCUT2D eigenvalue weighted by Gasteiger charge is 2.38. The molecule has 0 saturated heterocycles. The molecule has 0 radical (unpaired) electrons. The number of imide groups is 1. The van der Waals surface area contributed by atoms with Gasteiger partial charge in [-0.05, 0) is 17.7 Å². The molecule has 1 heterocycles. The van der Waals surface area contributed by atoms with Crippen LogP contribution in [0.4, 0.5) is 0 Å². The Bertz CT molecular complexity index is 831. The van der Waals surface area contributed by atoms with Gasteiger partial charge in [-0.15, -0.1) is 0 Å². The van der Waals surface area contributed by atoms with E-state index in [4.69, 9.17) is 34.8 Å². The number of halogens is 3. The molecule has 0 unspecified atom stereocenters. The fraction of sp³-hybridized carbons (Fsp3) is 0.0588. The molecule has 116 valence electrons. The minimum atomic E-state index is -0.526. The summed E-state index contributed by atoms with van der Waals surface area (Å²) in [4.78, 5) is 26.1. The normalized spacial score (nSPS) is 14.8. The summed E-state index contributed by atoms with van der Waals surface area (Å²) >= 11 is 18.1. The lowest BCUT2D eigenvalue weighted by Gasteiger charge is -2.15. The van der Waals surface area contributed by atoms with Crippen molar-refractivity contribution in [2.24, 2.45) is 0 Å². The van der Waals surface area contributed by atoms with E-state index in [-0.39, 0.29) is 22.2 Å². The van der Waals surface area contributed by atoms with Gasteiger partial charge >= 0.3 is 0 Å². The molecule has 0 bridgehead atoms. The van der Waals surface area contributed by atoms with E-state index in [1.54, 1.807) is 12.1 Å². The molecule has 23 heavy (non-hydrogen) atoms. The molecule has 1 aliphatic rings. The van der Waals surface area contributed by atoms with Crippen LogP contribution in [0.1, 0.15) is 11.1 Å². The maximum atomic E-state index is 12.6. The van der Waals surface area contributed by atoms with Gasteiger partial charge < -0.3 is 0 Å². The van der Waals surface area contributed by atoms with Crippen molar-refractivity contribution >= 4 is 52.2 Å². The molecule has 2 amide bonds. The van der Waals surface area contributed by atoms with Gasteiger partial charge in [-0.1, -0.05) is 71.2 Å². The van der Waals surface area contributed by atoms with Crippen molar-refractivity contribution in [1.82, 2.24) is 4.90 Å². The second-order valence-electron chi connectivity index (χ2n) is 5.00. The second kappa shape index (κ2) is 6.36. The van der Waals surface area contributed by atoms with Gasteiger partial charge in [0.1, 0.15) is 5.03 Å². The molecule has 0 N–H and O–H groups in total. The predicted octanol–water partition coefficient (Wildman–Crippen LogP) is 4.51. The summed E-state index contributed by atoms with van der Waals surface area (Å²) in [5.74, 6) is -0.991. The highest BCUT2D eigenvalue weighted by atomic mass is 35.5. The molecule has 2 aromatic rings. The van der Waals surface area contributed by atoms with Crippen LogP contribution in [0.3, 0.4) is 0 Å². The molecule has 0 spiro atoms. The molecule has 1 aliphatic heterocycles. The standard InChI is InChI=1S/C17H10Cl3NO2/c18-11-6-7-12(13(19)8-11)14-15(20)17(23)21(16(14)22)9-10-4-2-1-3-5-10/h1-8H,9H2. The van der Waals surface area contributed by atoms with E-state index in [2.05, 4.69) is 0 Å². The van der Waals surface area contributed by atoms with E-state index in [1.165, 1.54) is 6.07 Å². The lowest BCUT2D eigenvalue weighted by Crippen LogP contribution is -2.30. The van der Waals surface area contributed by atoms with E-state index in [9.17, 15) is 9.59 Å². The van der Waals surface area contributed by atoms with E-state index in [0.29, 0.717) is 10.6 Å². The number of hydrogen-bond acceptors (Lipinski definition) is 2. The molecule has 3 nitrogen and oxygen atoms in total. The van der Waals surface area contributed by atoms with Gasteiger partial charge in [0.15, 0.2) is 0 Å². The smallest absolute Gasteiger partial charge is 0.269 e. The van der Waals surface area contributed by atoms with Gasteiger partial charge in [-0.3, -0.25) is 14.5 Å². The summed E-state index contributed by atoms with van der Waals surface area (Å²) < 4.78 is 0. The van der Waals surface area contributed by atoms with Crippen LogP contribution in [-0.2, 0) is 16.1 Å². The Morgan fingerprint density at radius 2 is 1.57 bits per heavy atom. The van der Waals surface area contributed by atoms with E-state index >= 15 is 0 Å². The Morgan fingerprint density at radius 1 is 0.870 bits per heavy atom. The van der Waals surface area contributed by atoms with Crippen molar-refractivity contribution in [2.45, 2.75) is 6.54 Å². The molecule has 0 aromatic heterocycles. The number of rotatable bonds is 3. The zero-order chi connectivity index (χ0) is 16.6. The topological polar surface area (TPSA) is 37.4 Å². The maximum absolute atomic E-state index is 12.6. The molecular weight excluding hydrogens is 357 g/mol. The Morgan fingerprint density at radius 3 is 2.22 bits per heavy atom. The van der Waals surface area contributed by atoms with Crippen molar-refractivity contribution in [3.8, 4) is 0 Å². The fourth-order valence-electron chi connectivity index (χ4n) is 2.38. The molecule has 0 atom stereocenters. The van der Waals surface area contributed by atoms with Gasteiger partial charge in [-0.2, -0.15) is 0 Å². The van der Waals surface area contributed by atoms with E-state index in [0.717, 1.165) is 10.5 Å². The van der Waals surface area contributed by atoms with Crippen LogP contribution in [0.5, 0.6) is 0 Å². The minimum Gasteiger partial charge on any atom is -0.269 e. The predicted molar refractivity (Wildman–Crippen MR) is 91.2 cm³/mol. The molecule has 0 saturated carbocycles. The van der Waals surface area contributed by atoms with Crippen LogP contribution in [-0.4, -0.2) is 16.7 Å². The first-order valence-electron chi connectivity index (χ1n) is 6.74. The van der Waals surface area contributed by atoms with Crippen LogP contribution in [0.2, 0.25) is 10.0 Å². The van der Waals surface area contributed by atoms with Crippen LogP contribution >= 0.6 is 34.8 Å². The molecule has 0 fully saturated rings. The van der Waals surface area contributed by atoms with Crippen molar-refractivity contribution < 1.29 is 9.59 Å². The van der Waals surface area contributed by atoms with Crippen LogP contribution in [0, 0.1) is 0 Å². The van der Waals surface area contributed by atoms with Gasteiger partial charge in [0.2, 0.25) is 0 Å². The third kappa shape index (κ3) is 3.00. The summed E-state index contributed by atoms with van der Waals surface area (Å²) in [6, 6.07) is 13.9. The van der Waals surface area contributed by atoms with Crippen molar-refractivity contribution in [2.75, 3.05) is 0 Å². The summed E-state index contributed by atoms with van der Waals surface area (Å²) in [6.45, 7) is 0.156. The Kier molecular flexibility index (Phi) is 4.44. The number of benzene rings is 2. The number of amides is 2. The number of hydrogen-bond donors (Lipinski definition) is 0. The maximum Gasteiger partial charge on any atom is 0.273 e. The zero-order valence-electron chi connectivity index (χ0n) is 11.7. The van der Waals surface area contributed by atoms with Crippen molar-refractivity contribution in [3.63, 3.8) is 0 Å². The molecule has 0 aliphatic carbocycles. The Labute approximate surface area is 148 Å². The fourth-order valence-corrected chi connectivity index (χ4v) is 3.17. The van der Waals surface area contributed by atoms with E-state index < -0.39 is 11.8 Å². The highest BCUT2D eigenvalue weighted by Crippen LogP contribution is 2.36. The minimum absolute atomic E-state index is 0.106. The lowest BCUT2D eigenvalue weighted by molar-refractivity contribution is -0.137. The first-order valence-corrected chi connectivity index (χ1v) is 7.87. The Balaban J connectivity index is 1.96. The monoisotopic (exact) mass is 365 g/mol. The average Bonchev–Trinajstić information content (AvgIpc) is 2.73. The molecule has 6 heteroatoms. The first kappa shape index (κ1) is 16.1. The Hall–Kier alpha value is -1.81. The third-order valence-electron chi connectivity index (χ3n) is 3.50. The number of nitrogens with zero attached hydrogens (tertiary/aromatic N) is 1. The molecule has 2 aromatic carbocycles. The third-order valence-corrected chi connectivity index (χ3v) is 4.39. The second-order valence-corrected chi connectivity index (χ2v) is 6.22. The van der Waals surface area contributed by atoms with Gasteiger partial charge in [0, 0.05) is 10.6 Å². The SMILES string of the molecule is O=C1C(Cl)=C(c2ccc(Cl)cc2Cl)C(=O)N1Cc1ccccc1. The average molecular weight is 367 g/mol. The van der Waals surface area contributed by atoms with Gasteiger partial charge in [-0.25, -0.2) is 0 Å². The molecular formula is C17H10Cl3NO2. The lowest BCUT2D eigenvalue weighted by atomic mass is 10.1. The number of carbonyl (C=O) groups excluding carboxylic acids is 2. The summed E-state index contributed by atoms with van der Waals surface area (Å²) in [6.07, 6.45) is 0. The van der Waals surface area contributed by atoms with Gasteiger partial charge in [0.05, 0.1) is 17.1 Å². The summed E-state index contributed by atoms with van der Waals surface area (Å²) in [7, 11) is 0. The zero-order valence-corrected chi connectivity index (χ0v) is 14.0. The van der Waals surface area contributed by atoms with Crippen molar-refractivity contribution in [3.05, 3.63) is 74.7 Å². The van der Waals surface area contributed by atoms with Crippen LogP contribution in [0.15, 0.2) is 53.6 Å².